The van der Waals surface area contributed by atoms with E-state index in [1.54, 1.807) is 27.4 Å². The topological polar surface area (TPSA) is 92.4 Å². The number of amides is 2. The molecule has 34 heavy (non-hydrogen) atoms. The van der Waals surface area contributed by atoms with Gasteiger partial charge in [0.1, 0.15) is 11.8 Å². The molecule has 0 bridgehead atoms. The minimum Gasteiger partial charge on any atom is -0.497 e. The summed E-state index contributed by atoms with van der Waals surface area (Å²) in [5.74, 6) is 2.13. The van der Waals surface area contributed by atoms with Gasteiger partial charge in [-0.05, 0) is 41.8 Å². The number of methoxy groups -OCH3 is 3. The summed E-state index contributed by atoms with van der Waals surface area (Å²) in [4.78, 5) is 29.6. The first-order valence-electron chi connectivity index (χ1n) is 11.4. The van der Waals surface area contributed by atoms with E-state index in [9.17, 15) is 9.59 Å². The van der Waals surface area contributed by atoms with Crippen LogP contribution in [0.3, 0.4) is 0 Å². The fourth-order valence-corrected chi connectivity index (χ4v) is 4.47. The van der Waals surface area contributed by atoms with E-state index < -0.39 is 0 Å². The number of benzene rings is 2. The molecule has 2 heterocycles. The van der Waals surface area contributed by atoms with Crippen molar-refractivity contribution in [1.29, 1.82) is 0 Å². The minimum absolute atomic E-state index is 0.0356. The van der Waals surface area contributed by atoms with E-state index in [0.29, 0.717) is 44.1 Å². The lowest BCUT2D eigenvalue weighted by molar-refractivity contribution is -0.140. The van der Waals surface area contributed by atoms with Crippen LogP contribution in [-0.4, -0.2) is 75.2 Å². The molecular formula is C25H32N4O5. The Morgan fingerprint density at radius 3 is 2.32 bits per heavy atom. The molecule has 2 N–H and O–H groups in total. The summed E-state index contributed by atoms with van der Waals surface area (Å²) in [6, 6.07) is 13.1. The van der Waals surface area contributed by atoms with Crippen molar-refractivity contribution in [3.8, 4) is 17.2 Å². The summed E-state index contributed by atoms with van der Waals surface area (Å²) < 4.78 is 15.9. The van der Waals surface area contributed by atoms with Gasteiger partial charge in [-0.2, -0.15) is 0 Å². The first-order chi connectivity index (χ1) is 16.5. The van der Waals surface area contributed by atoms with Crippen LogP contribution in [-0.2, 0) is 16.0 Å². The molecule has 2 aliphatic rings. The summed E-state index contributed by atoms with van der Waals surface area (Å²) >= 11 is 0. The molecule has 2 fully saturated rings. The molecule has 0 aliphatic carbocycles. The van der Waals surface area contributed by atoms with E-state index in [2.05, 4.69) is 10.9 Å². The van der Waals surface area contributed by atoms with Gasteiger partial charge < -0.3 is 24.0 Å². The summed E-state index contributed by atoms with van der Waals surface area (Å²) in [6.45, 7) is 2.10. The molecule has 2 aromatic carbocycles. The summed E-state index contributed by atoms with van der Waals surface area (Å²) in [5.41, 5.74) is 8.31. The number of nitrogens with zero attached hydrogens (tertiary/aromatic N) is 2. The average Bonchev–Trinajstić information content (AvgIpc) is 3.38. The highest BCUT2D eigenvalue weighted by Gasteiger charge is 2.34. The molecule has 4 rings (SSSR count). The van der Waals surface area contributed by atoms with E-state index in [1.165, 1.54) is 0 Å². The molecule has 2 unspecified atom stereocenters. The van der Waals surface area contributed by atoms with Crippen LogP contribution in [0, 0.1) is 0 Å². The van der Waals surface area contributed by atoms with Crippen molar-refractivity contribution in [3.05, 3.63) is 53.6 Å². The molecular weight excluding hydrogens is 436 g/mol. The van der Waals surface area contributed by atoms with E-state index >= 15 is 0 Å². The quantitative estimate of drug-likeness (QED) is 0.637. The lowest BCUT2D eigenvalue weighted by Crippen LogP contribution is -2.54. The van der Waals surface area contributed by atoms with Gasteiger partial charge in [0.05, 0.1) is 27.8 Å². The molecule has 2 amide bonds. The number of rotatable bonds is 7. The van der Waals surface area contributed by atoms with Gasteiger partial charge in [0.15, 0.2) is 11.5 Å². The highest BCUT2D eigenvalue weighted by atomic mass is 16.5. The lowest BCUT2D eigenvalue weighted by Gasteiger charge is -2.36. The minimum atomic E-state index is -0.301. The Morgan fingerprint density at radius 1 is 0.882 bits per heavy atom. The predicted molar refractivity (Wildman–Crippen MR) is 127 cm³/mol. The molecule has 2 saturated heterocycles. The molecule has 2 atom stereocenters. The van der Waals surface area contributed by atoms with E-state index in [0.717, 1.165) is 16.9 Å². The first kappa shape index (κ1) is 23.8. The largest absolute Gasteiger partial charge is 0.497 e. The number of nitrogens with one attached hydrogen (secondary N) is 2. The maximum Gasteiger partial charge on any atom is 0.241 e. The number of hydrazine groups is 1. The normalized spacial score (nSPS) is 20.2. The molecule has 9 heteroatoms. The third-order valence-electron chi connectivity index (χ3n) is 6.44. The molecule has 0 saturated carbocycles. The summed E-state index contributed by atoms with van der Waals surface area (Å²) in [5, 5.41) is 0. The standard InChI is InChI=1S/C25H32N4O5/c1-32-19-6-4-5-18(15-19)20-16-21(27-26-20)25(31)29-11-9-28(10-12-29)24(30)14-17-7-8-22(33-2)23(13-17)34-3/h4-8,13,15,20-21,26-27H,9-12,14,16H2,1-3H3. The summed E-state index contributed by atoms with van der Waals surface area (Å²) in [6.07, 6.45) is 0.940. The first-order valence-corrected chi connectivity index (χ1v) is 11.4. The van der Waals surface area contributed by atoms with Gasteiger partial charge in [-0.25, -0.2) is 10.9 Å². The van der Waals surface area contributed by atoms with Crippen molar-refractivity contribution in [1.82, 2.24) is 20.7 Å². The second-order valence-corrected chi connectivity index (χ2v) is 8.48. The van der Waals surface area contributed by atoms with Crippen LogP contribution in [0.2, 0.25) is 0 Å². The number of carbonyl (C=O) groups is 2. The maximum absolute atomic E-state index is 13.1. The fraction of sp³-hybridized carbons (Fsp3) is 0.440. The van der Waals surface area contributed by atoms with Gasteiger partial charge in [0.2, 0.25) is 11.8 Å². The Balaban J connectivity index is 1.28. The van der Waals surface area contributed by atoms with Gasteiger partial charge in [-0.3, -0.25) is 9.59 Å². The number of piperazine rings is 1. The van der Waals surface area contributed by atoms with Crippen LogP contribution in [0.5, 0.6) is 17.2 Å². The number of hydrogen-bond acceptors (Lipinski definition) is 7. The second-order valence-electron chi connectivity index (χ2n) is 8.48. The van der Waals surface area contributed by atoms with Crippen molar-refractivity contribution < 1.29 is 23.8 Å². The molecule has 2 aromatic rings. The van der Waals surface area contributed by atoms with Gasteiger partial charge in [-0.15, -0.1) is 0 Å². The zero-order chi connectivity index (χ0) is 24.1. The molecule has 0 radical (unpaired) electrons. The van der Waals surface area contributed by atoms with Crippen molar-refractivity contribution in [2.45, 2.75) is 24.9 Å². The Labute approximate surface area is 199 Å². The van der Waals surface area contributed by atoms with E-state index in [4.69, 9.17) is 14.2 Å². The Bertz CT molecular complexity index is 1020. The second kappa shape index (κ2) is 10.8. The van der Waals surface area contributed by atoms with Gasteiger partial charge in [0, 0.05) is 32.2 Å². The number of ether oxygens (including phenoxy) is 3. The van der Waals surface area contributed by atoms with Crippen molar-refractivity contribution in [2.24, 2.45) is 0 Å². The Kier molecular flexibility index (Phi) is 7.54. The lowest BCUT2D eigenvalue weighted by atomic mass is 10.0. The number of carbonyl (C=O) groups excluding carboxylic acids is 2. The van der Waals surface area contributed by atoms with Crippen LogP contribution in [0.4, 0.5) is 0 Å². The van der Waals surface area contributed by atoms with Crippen molar-refractivity contribution >= 4 is 11.8 Å². The highest BCUT2D eigenvalue weighted by Crippen LogP contribution is 2.28. The maximum atomic E-state index is 13.1. The Hall–Kier alpha value is -3.30. The highest BCUT2D eigenvalue weighted by molar-refractivity contribution is 5.83. The van der Waals surface area contributed by atoms with Crippen LogP contribution < -0.4 is 25.1 Å². The molecule has 0 spiro atoms. The van der Waals surface area contributed by atoms with Gasteiger partial charge in [0.25, 0.3) is 0 Å². The SMILES string of the molecule is COc1cccc(C2CC(C(=O)N3CCN(C(=O)Cc4ccc(OC)c(OC)c4)CC3)NN2)c1. The van der Waals surface area contributed by atoms with Crippen LogP contribution in [0.1, 0.15) is 23.6 Å². The Morgan fingerprint density at radius 2 is 1.62 bits per heavy atom. The number of hydrogen-bond donors (Lipinski definition) is 2. The zero-order valence-electron chi connectivity index (χ0n) is 19.9. The van der Waals surface area contributed by atoms with Crippen LogP contribution in [0.15, 0.2) is 42.5 Å². The van der Waals surface area contributed by atoms with E-state index in [1.807, 2.05) is 46.2 Å². The van der Waals surface area contributed by atoms with E-state index in [-0.39, 0.29) is 30.3 Å². The zero-order valence-corrected chi connectivity index (χ0v) is 19.9. The van der Waals surface area contributed by atoms with Crippen molar-refractivity contribution in [3.63, 3.8) is 0 Å². The fourth-order valence-electron chi connectivity index (χ4n) is 4.47. The van der Waals surface area contributed by atoms with Gasteiger partial charge in [-0.1, -0.05) is 18.2 Å². The predicted octanol–water partition coefficient (Wildman–Crippen LogP) is 1.53. The van der Waals surface area contributed by atoms with Crippen LogP contribution in [0.25, 0.3) is 0 Å². The molecule has 0 aromatic heterocycles. The molecule has 182 valence electrons. The van der Waals surface area contributed by atoms with Crippen LogP contribution >= 0.6 is 0 Å². The summed E-state index contributed by atoms with van der Waals surface area (Å²) in [7, 11) is 4.80. The molecule has 9 nitrogen and oxygen atoms in total. The third kappa shape index (κ3) is 5.26. The average molecular weight is 469 g/mol. The third-order valence-corrected chi connectivity index (χ3v) is 6.44. The van der Waals surface area contributed by atoms with Gasteiger partial charge >= 0.3 is 0 Å². The van der Waals surface area contributed by atoms with Crippen molar-refractivity contribution in [2.75, 3.05) is 47.5 Å². The monoisotopic (exact) mass is 468 g/mol. The molecule has 2 aliphatic heterocycles. The smallest absolute Gasteiger partial charge is 0.241 e.